The Balaban J connectivity index is 1.84. The van der Waals surface area contributed by atoms with Crippen LogP contribution < -0.4 is 20.5 Å². The van der Waals surface area contributed by atoms with E-state index in [2.05, 4.69) is 10.3 Å². The Morgan fingerprint density at radius 3 is 2.92 bits per heavy atom. The molecule has 0 saturated carbocycles. The molecule has 1 aromatic heterocycles. The molecule has 0 aliphatic carbocycles. The maximum absolute atomic E-state index is 12.7. The van der Waals surface area contributed by atoms with Crippen molar-refractivity contribution in [3.8, 4) is 11.6 Å². The number of halogens is 1. The van der Waals surface area contributed by atoms with E-state index in [1.54, 1.807) is 24.4 Å². The number of hydrogen-bond donors (Lipinski definition) is 2. The first-order chi connectivity index (χ1) is 12.0. The number of hydrogen-bond acceptors (Lipinski definition) is 5. The monoisotopic (exact) mass is 347 g/mol. The zero-order chi connectivity index (χ0) is 18.0. The van der Waals surface area contributed by atoms with Gasteiger partial charge in [-0.2, -0.15) is 0 Å². The average Bonchev–Trinajstić information content (AvgIpc) is 2.98. The van der Waals surface area contributed by atoms with Gasteiger partial charge in [-0.1, -0.05) is 0 Å². The molecule has 1 aliphatic heterocycles. The Kier molecular flexibility index (Phi) is 4.69. The van der Waals surface area contributed by atoms with Gasteiger partial charge in [0.15, 0.2) is 0 Å². The minimum absolute atomic E-state index is 0.175. The molecule has 3 rings (SSSR count). The first-order valence-corrected chi connectivity index (χ1v) is 7.79. The summed E-state index contributed by atoms with van der Waals surface area (Å²) in [5, 5.41) is 4.07. The fraction of sp³-hybridized carbons (Fsp3) is 0.353. The lowest BCUT2D eigenvalue weighted by Crippen LogP contribution is -2.31. The molecule has 0 bridgehead atoms. The summed E-state index contributed by atoms with van der Waals surface area (Å²) in [4.78, 5) is 27.3. The summed E-state index contributed by atoms with van der Waals surface area (Å²) in [5.74, 6) is -0.847. The van der Waals surface area contributed by atoms with Crippen LogP contribution in [0.15, 0.2) is 24.4 Å². The lowest BCUT2D eigenvalue weighted by molar-refractivity contribution is -0.123. The number of aromatic nitrogens is 1. The molecule has 2 amide bonds. The third-order valence-corrected chi connectivity index (χ3v) is 4.21. The van der Waals surface area contributed by atoms with Gasteiger partial charge in [-0.05, 0) is 30.0 Å². The van der Waals surface area contributed by atoms with Gasteiger partial charge in [0.2, 0.25) is 11.8 Å². The third kappa shape index (κ3) is 3.33. The summed E-state index contributed by atoms with van der Waals surface area (Å²) in [6.45, 7) is -0.504. The average molecular weight is 347 g/mol. The van der Waals surface area contributed by atoms with Crippen LogP contribution in [0.2, 0.25) is 0 Å². The van der Waals surface area contributed by atoms with Gasteiger partial charge >= 0.3 is 0 Å². The molecule has 8 heteroatoms. The number of rotatable bonds is 6. The van der Waals surface area contributed by atoms with Crippen LogP contribution in [0.1, 0.15) is 16.8 Å². The molecule has 7 nitrogen and oxygen atoms in total. The van der Waals surface area contributed by atoms with Crippen molar-refractivity contribution in [1.82, 2.24) is 10.3 Å². The molecule has 1 aromatic carbocycles. The molecule has 0 radical (unpaired) electrons. The molecular formula is C17H18FN3O4. The first kappa shape index (κ1) is 16.9. The van der Waals surface area contributed by atoms with Crippen LogP contribution in [-0.2, 0) is 4.79 Å². The van der Waals surface area contributed by atoms with Crippen LogP contribution in [-0.4, -0.2) is 43.2 Å². The highest BCUT2D eigenvalue weighted by molar-refractivity contribution is 6.01. The highest BCUT2D eigenvalue weighted by atomic mass is 19.1. The van der Waals surface area contributed by atoms with Crippen molar-refractivity contribution < 1.29 is 23.5 Å². The van der Waals surface area contributed by atoms with E-state index in [0.29, 0.717) is 23.4 Å². The van der Waals surface area contributed by atoms with Gasteiger partial charge in [0.25, 0.3) is 5.91 Å². The van der Waals surface area contributed by atoms with E-state index in [-0.39, 0.29) is 24.1 Å². The lowest BCUT2D eigenvalue weighted by atomic mass is 10.1. The highest BCUT2D eigenvalue weighted by Gasteiger charge is 2.32. The lowest BCUT2D eigenvalue weighted by Gasteiger charge is -2.14. The van der Waals surface area contributed by atoms with Crippen molar-refractivity contribution in [1.29, 1.82) is 0 Å². The standard InChI is InChI=1S/C17H18FN3O4/c1-24-14-6-12-9(5-13(14)15(19)22)2-3-20-17(12)25-8-11-4-10(7-18)16(23)21-11/h2-3,5-6,10-11H,4,7-8H2,1H3,(H2,19,22)(H,21,23)/t10-,11+/m1/s1. The SMILES string of the molecule is COc1cc2c(OC[C@@H]3C[C@H](CF)C(=O)N3)nccc2cc1C(N)=O. The highest BCUT2D eigenvalue weighted by Crippen LogP contribution is 2.31. The number of pyridine rings is 1. The van der Waals surface area contributed by atoms with E-state index in [4.69, 9.17) is 15.2 Å². The van der Waals surface area contributed by atoms with Crippen LogP contribution >= 0.6 is 0 Å². The molecule has 0 unspecified atom stereocenters. The maximum atomic E-state index is 12.7. The van der Waals surface area contributed by atoms with Gasteiger partial charge in [-0.3, -0.25) is 14.0 Å². The van der Waals surface area contributed by atoms with E-state index >= 15 is 0 Å². The van der Waals surface area contributed by atoms with E-state index in [1.165, 1.54) is 7.11 Å². The number of primary amides is 1. The first-order valence-electron chi connectivity index (χ1n) is 7.79. The molecule has 3 N–H and O–H groups in total. The molecule has 1 aliphatic rings. The Bertz CT molecular complexity index is 827. The van der Waals surface area contributed by atoms with Gasteiger partial charge in [-0.25, -0.2) is 4.98 Å². The summed E-state index contributed by atoms with van der Waals surface area (Å²) in [6, 6.07) is 4.71. The summed E-state index contributed by atoms with van der Waals surface area (Å²) < 4.78 is 23.6. The van der Waals surface area contributed by atoms with E-state index in [9.17, 15) is 14.0 Å². The summed E-state index contributed by atoms with van der Waals surface area (Å²) >= 11 is 0. The molecule has 0 spiro atoms. The van der Waals surface area contributed by atoms with Crippen molar-refractivity contribution in [2.75, 3.05) is 20.4 Å². The fourth-order valence-electron chi connectivity index (χ4n) is 2.90. The van der Waals surface area contributed by atoms with E-state index in [1.807, 2.05) is 0 Å². The number of nitrogens with one attached hydrogen (secondary N) is 1. The minimum Gasteiger partial charge on any atom is -0.496 e. The molecule has 2 heterocycles. The quantitative estimate of drug-likeness (QED) is 0.817. The molecule has 1 saturated heterocycles. The smallest absolute Gasteiger partial charge is 0.252 e. The normalized spacial score (nSPS) is 19.7. The zero-order valence-electron chi connectivity index (χ0n) is 13.6. The van der Waals surface area contributed by atoms with Gasteiger partial charge in [0, 0.05) is 11.6 Å². The number of alkyl halides is 1. The van der Waals surface area contributed by atoms with E-state index in [0.717, 1.165) is 5.39 Å². The number of carbonyl (C=O) groups is 2. The molecule has 2 atom stereocenters. The summed E-state index contributed by atoms with van der Waals surface area (Å²) in [5.41, 5.74) is 5.63. The Hall–Kier alpha value is -2.90. The molecular weight excluding hydrogens is 329 g/mol. The number of nitrogens with zero attached hydrogens (tertiary/aromatic N) is 1. The van der Waals surface area contributed by atoms with Crippen LogP contribution in [0.4, 0.5) is 4.39 Å². The molecule has 2 aromatic rings. The largest absolute Gasteiger partial charge is 0.496 e. The maximum Gasteiger partial charge on any atom is 0.252 e. The van der Waals surface area contributed by atoms with Crippen molar-refractivity contribution >= 4 is 22.6 Å². The third-order valence-electron chi connectivity index (χ3n) is 4.21. The van der Waals surface area contributed by atoms with Gasteiger partial charge in [0.1, 0.15) is 19.0 Å². The number of nitrogens with two attached hydrogens (primary N) is 1. The number of benzene rings is 1. The second-order valence-corrected chi connectivity index (χ2v) is 5.86. The van der Waals surface area contributed by atoms with Crippen LogP contribution in [0.5, 0.6) is 11.6 Å². The van der Waals surface area contributed by atoms with Crippen LogP contribution in [0.3, 0.4) is 0 Å². The number of methoxy groups -OCH3 is 1. The number of ether oxygens (including phenoxy) is 2. The van der Waals surface area contributed by atoms with Gasteiger partial charge in [0.05, 0.1) is 24.6 Å². The van der Waals surface area contributed by atoms with Crippen molar-refractivity contribution in [2.45, 2.75) is 12.5 Å². The Labute approximate surface area is 143 Å². The second kappa shape index (κ2) is 6.92. The predicted molar refractivity (Wildman–Crippen MR) is 88.3 cm³/mol. The minimum atomic E-state index is -0.679. The van der Waals surface area contributed by atoms with Crippen molar-refractivity contribution in [2.24, 2.45) is 11.7 Å². The topological polar surface area (TPSA) is 104 Å². The van der Waals surface area contributed by atoms with Gasteiger partial charge < -0.3 is 20.5 Å². The Morgan fingerprint density at radius 2 is 2.28 bits per heavy atom. The summed E-state index contributed by atoms with van der Waals surface area (Å²) in [6.07, 6.45) is 1.93. The van der Waals surface area contributed by atoms with Crippen LogP contribution in [0, 0.1) is 5.92 Å². The molecule has 132 valence electrons. The fourth-order valence-corrected chi connectivity index (χ4v) is 2.90. The molecule has 25 heavy (non-hydrogen) atoms. The van der Waals surface area contributed by atoms with Gasteiger partial charge in [-0.15, -0.1) is 0 Å². The second-order valence-electron chi connectivity index (χ2n) is 5.86. The van der Waals surface area contributed by atoms with Crippen molar-refractivity contribution in [3.05, 3.63) is 30.0 Å². The van der Waals surface area contributed by atoms with Crippen molar-refractivity contribution in [3.63, 3.8) is 0 Å². The predicted octanol–water partition coefficient (Wildman–Crippen LogP) is 1.20. The Morgan fingerprint density at radius 1 is 1.48 bits per heavy atom. The summed E-state index contributed by atoms with van der Waals surface area (Å²) in [7, 11) is 1.44. The molecule has 1 fully saturated rings. The van der Waals surface area contributed by atoms with E-state index < -0.39 is 18.5 Å². The number of fused-ring (bicyclic) bond motifs is 1. The number of amides is 2. The number of carbonyl (C=O) groups excluding carboxylic acids is 2. The zero-order valence-corrected chi connectivity index (χ0v) is 13.6. The van der Waals surface area contributed by atoms with Crippen LogP contribution in [0.25, 0.3) is 10.8 Å².